The molecule has 1 fully saturated rings. The molecule has 4 rings (SSSR count). The molecule has 0 spiro atoms. The van der Waals surface area contributed by atoms with Crippen LogP contribution in [0.3, 0.4) is 0 Å². The van der Waals surface area contributed by atoms with E-state index in [4.69, 9.17) is 9.47 Å². The number of carbonyl (C=O) groups excluding carboxylic acids is 2. The first kappa shape index (κ1) is 23.7. The molecule has 180 valence electrons. The fourth-order valence-electron chi connectivity index (χ4n) is 4.23. The summed E-state index contributed by atoms with van der Waals surface area (Å²) < 4.78 is 11.9. The monoisotopic (exact) mass is 484 g/mol. The van der Waals surface area contributed by atoms with Gasteiger partial charge in [0.2, 0.25) is 5.91 Å². The summed E-state index contributed by atoms with van der Waals surface area (Å²) in [7, 11) is 3.06. The summed E-state index contributed by atoms with van der Waals surface area (Å²) in [5.74, 6) is 1.06. The third-order valence-corrected chi connectivity index (χ3v) is 7.29. The van der Waals surface area contributed by atoms with Crippen molar-refractivity contribution in [3.8, 4) is 11.5 Å². The van der Waals surface area contributed by atoms with Gasteiger partial charge in [-0.2, -0.15) is 0 Å². The number of aryl methyl sites for hydroxylation is 1. The third kappa shape index (κ3) is 4.63. The molecule has 0 unspecified atom stereocenters. The maximum absolute atomic E-state index is 13.2. The second-order valence-electron chi connectivity index (χ2n) is 8.52. The molecule has 0 bridgehead atoms. The Morgan fingerprint density at radius 1 is 1.26 bits per heavy atom. The van der Waals surface area contributed by atoms with Crippen molar-refractivity contribution in [2.24, 2.45) is 5.92 Å². The molecule has 34 heavy (non-hydrogen) atoms. The van der Waals surface area contributed by atoms with Crippen molar-refractivity contribution in [3.05, 3.63) is 45.3 Å². The van der Waals surface area contributed by atoms with Crippen LogP contribution in [0.2, 0.25) is 0 Å². The second-order valence-corrected chi connectivity index (χ2v) is 9.52. The van der Waals surface area contributed by atoms with E-state index in [1.807, 2.05) is 4.90 Å². The minimum Gasteiger partial charge on any atom is -0.497 e. The molecule has 1 saturated heterocycles. The first-order valence-electron chi connectivity index (χ1n) is 11.1. The highest BCUT2D eigenvalue weighted by Gasteiger charge is 2.24. The topological polar surface area (TPSA) is 103 Å². The van der Waals surface area contributed by atoms with E-state index in [-0.39, 0.29) is 23.9 Å². The first-order valence-corrected chi connectivity index (χ1v) is 11.9. The fraction of sp³-hybridized carbons (Fsp3) is 0.417. The van der Waals surface area contributed by atoms with Gasteiger partial charge >= 0.3 is 0 Å². The first-order chi connectivity index (χ1) is 16.3. The van der Waals surface area contributed by atoms with Gasteiger partial charge in [-0.15, -0.1) is 11.3 Å². The van der Waals surface area contributed by atoms with Crippen LogP contribution in [0.25, 0.3) is 10.2 Å². The summed E-state index contributed by atoms with van der Waals surface area (Å²) in [6.45, 7) is 5.21. The van der Waals surface area contributed by atoms with Crippen molar-refractivity contribution >= 4 is 39.1 Å². The van der Waals surface area contributed by atoms with E-state index in [9.17, 15) is 14.4 Å². The maximum atomic E-state index is 13.2. The molecule has 2 amide bonds. The minimum absolute atomic E-state index is 0.0612. The van der Waals surface area contributed by atoms with Gasteiger partial charge in [-0.25, -0.2) is 4.98 Å². The lowest BCUT2D eigenvalue weighted by Crippen LogP contribution is -2.42. The number of anilines is 1. The molecule has 1 aliphatic heterocycles. The molecule has 10 heteroatoms. The van der Waals surface area contributed by atoms with Gasteiger partial charge in [0.25, 0.3) is 11.5 Å². The molecule has 0 saturated carbocycles. The molecule has 1 N–H and O–H groups in total. The number of hydrogen-bond donors (Lipinski definition) is 1. The Hall–Kier alpha value is -3.40. The zero-order valence-corrected chi connectivity index (χ0v) is 20.5. The summed E-state index contributed by atoms with van der Waals surface area (Å²) in [5, 5.41) is 3.20. The number of nitrogens with one attached hydrogen (secondary N) is 1. The van der Waals surface area contributed by atoms with E-state index < -0.39 is 0 Å². The van der Waals surface area contributed by atoms with Crippen LogP contribution in [0, 0.1) is 12.8 Å². The molecular formula is C24H28N4O5S. The van der Waals surface area contributed by atoms with Gasteiger partial charge in [0, 0.05) is 19.2 Å². The number of amides is 2. The lowest BCUT2D eigenvalue weighted by molar-refractivity contribution is -0.133. The number of ether oxygens (including phenoxy) is 2. The zero-order chi connectivity index (χ0) is 24.4. The van der Waals surface area contributed by atoms with Crippen LogP contribution >= 0.6 is 11.3 Å². The van der Waals surface area contributed by atoms with E-state index in [0.717, 1.165) is 24.2 Å². The highest BCUT2D eigenvalue weighted by Crippen LogP contribution is 2.32. The highest BCUT2D eigenvalue weighted by atomic mass is 32.1. The SMILES string of the molecule is COc1ccc(NC(=O)c2sc3ncn(CC(=O)N4CCC[C@H](C)C4)c(=O)c3c2C)c(OC)c1. The normalized spacial score (nSPS) is 15.9. The van der Waals surface area contributed by atoms with Crippen LogP contribution in [-0.2, 0) is 11.3 Å². The number of piperidine rings is 1. The lowest BCUT2D eigenvalue weighted by atomic mass is 10.0. The quantitative estimate of drug-likeness (QED) is 0.576. The summed E-state index contributed by atoms with van der Waals surface area (Å²) in [6, 6.07) is 5.08. The molecule has 1 atom stereocenters. The number of nitrogens with zero attached hydrogens (tertiary/aromatic N) is 3. The Morgan fingerprint density at radius 2 is 2.06 bits per heavy atom. The van der Waals surface area contributed by atoms with E-state index in [2.05, 4.69) is 17.2 Å². The zero-order valence-electron chi connectivity index (χ0n) is 19.7. The number of thiophene rings is 1. The number of aromatic nitrogens is 2. The summed E-state index contributed by atoms with van der Waals surface area (Å²) in [5.41, 5.74) is 0.700. The van der Waals surface area contributed by atoms with Crippen LogP contribution in [0.1, 0.15) is 35.0 Å². The summed E-state index contributed by atoms with van der Waals surface area (Å²) >= 11 is 1.15. The molecule has 0 aliphatic carbocycles. The van der Waals surface area contributed by atoms with Gasteiger partial charge in [-0.3, -0.25) is 19.0 Å². The van der Waals surface area contributed by atoms with Crippen molar-refractivity contribution in [2.45, 2.75) is 33.2 Å². The summed E-state index contributed by atoms with van der Waals surface area (Å²) in [6.07, 6.45) is 3.47. The number of likely N-dealkylation sites (tertiary alicyclic amines) is 1. The standard InChI is InChI=1S/C24H28N4O5S/c1-14-6-5-9-27(11-14)19(29)12-28-13-25-23-20(24(28)31)15(2)21(34-23)22(30)26-17-8-7-16(32-3)10-18(17)33-4/h7-8,10,13-14H,5-6,9,11-12H2,1-4H3,(H,26,30)/t14-/m0/s1. The van der Waals surface area contributed by atoms with Crippen LogP contribution in [0.4, 0.5) is 5.69 Å². The van der Waals surface area contributed by atoms with E-state index in [1.54, 1.807) is 32.2 Å². The third-order valence-electron chi connectivity index (χ3n) is 6.10. The van der Waals surface area contributed by atoms with Crippen molar-refractivity contribution in [1.82, 2.24) is 14.5 Å². The molecule has 0 radical (unpaired) electrons. The Balaban J connectivity index is 1.59. The Bertz CT molecular complexity index is 1300. The van der Waals surface area contributed by atoms with Gasteiger partial charge in [0.1, 0.15) is 22.9 Å². The fourth-order valence-corrected chi connectivity index (χ4v) is 5.27. The second kappa shape index (κ2) is 9.84. The Morgan fingerprint density at radius 3 is 2.76 bits per heavy atom. The van der Waals surface area contributed by atoms with Crippen molar-refractivity contribution < 1.29 is 19.1 Å². The smallest absolute Gasteiger partial charge is 0.266 e. The molecule has 3 heterocycles. The van der Waals surface area contributed by atoms with E-state index in [0.29, 0.717) is 56.9 Å². The van der Waals surface area contributed by atoms with Crippen LogP contribution in [-0.4, -0.2) is 53.6 Å². The average Bonchev–Trinajstić information content (AvgIpc) is 3.18. The number of benzene rings is 1. The number of hydrogen-bond acceptors (Lipinski definition) is 7. The molecular weight excluding hydrogens is 456 g/mol. The highest BCUT2D eigenvalue weighted by molar-refractivity contribution is 7.20. The average molecular weight is 485 g/mol. The molecule has 9 nitrogen and oxygen atoms in total. The van der Waals surface area contributed by atoms with Crippen LogP contribution < -0.4 is 20.3 Å². The number of fused-ring (bicyclic) bond motifs is 1. The van der Waals surface area contributed by atoms with Gasteiger partial charge < -0.3 is 19.7 Å². The van der Waals surface area contributed by atoms with Gasteiger partial charge in [0.15, 0.2) is 0 Å². The molecule has 2 aromatic heterocycles. The maximum Gasteiger partial charge on any atom is 0.266 e. The Labute approximate surface area is 201 Å². The number of carbonyl (C=O) groups is 2. The van der Waals surface area contributed by atoms with E-state index >= 15 is 0 Å². The van der Waals surface area contributed by atoms with Crippen molar-refractivity contribution in [3.63, 3.8) is 0 Å². The molecule has 3 aromatic rings. The van der Waals surface area contributed by atoms with Crippen LogP contribution in [0.15, 0.2) is 29.3 Å². The number of rotatable bonds is 6. The predicted molar refractivity (Wildman–Crippen MR) is 131 cm³/mol. The summed E-state index contributed by atoms with van der Waals surface area (Å²) in [4.78, 5) is 46.0. The van der Waals surface area contributed by atoms with Gasteiger partial charge in [-0.1, -0.05) is 6.92 Å². The Kier molecular flexibility index (Phi) is 6.87. The predicted octanol–water partition coefficient (Wildman–Crippen LogP) is 3.29. The van der Waals surface area contributed by atoms with Crippen LogP contribution in [0.5, 0.6) is 11.5 Å². The molecule has 1 aliphatic rings. The number of methoxy groups -OCH3 is 2. The van der Waals surface area contributed by atoms with Gasteiger partial charge in [-0.05, 0) is 43.4 Å². The minimum atomic E-state index is -0.367. The van der Waals surface area contributed by atoms with E-state index in [1.165, 1.54) is 18.0 Å². The molecule has 1 aromatic carbocycles. The van der Waals surface area contributed by atoms with Crippen molar-refractivity contribution in [1.29, 1.82) is 0 Å². The van der Waals surface area contributed by atoms with Gasteiger partial charge in [0.05, 0.1) is 36.5 Å². The largest absolute Gasteiger partial charge is 0.497 e. The van der Waals surface area contributed by atoms with Crippen molar-refractivity contribution in [2.75, 3.05) is 32.6 Å². The lowest BCUT2D eigenvalue weighted by Gasteiger charge is -2.31.